The number of para-hydroxylation sites is 1. The van der Waals surface area contributed by atoms with E-state index in [2.05, 4.69) is 16.9 Å². The van der Waals surface area contributed by atoms with Gasteiger partial charge in [0.2, 0.25) is 5.88 Å². The third-order valence-corrected chi connectivity index (χ3v) is 2.39. The Labute approximate surface area is 99.9 Å². The van der Waals surface area contributed by atoms with Crippen LogP contribution in [0.4, 0.5) is 0 Å². The van der Waals surface area contributed by atoms with Crippen LogP contribution in [0.1, 0.15) is 18.2 Å². The van der Waals surface area contributed by atoms with Crippen molar-refractivity contribution in [1.82, 2.24) is 9.97 Å². The number of ether oxygens (including phenoxy) is 1. The molecule has 1 heterocycles. The average Bonchev–Trinajstić information content (AvgIpc) is 2.39. The number of benzene rings is 1. The van der Waals surface area contributed by atoms with Crippen LogP contribution in [-0.4, -0.2) is 15.1 Å². The first-order valence-corrected chi connectivity index (χ1v) is 5.51. The first kappa shape index (κ1) is 11.5. The Morgan fingerprint density at radius 1 is 1.24 bits per heavy atom. The number of aryl methyl sites for hydroxylation is 1. The van der Waals surface area contributed by atoms with E-state index in [1.165, 1.54) is 12.4 Å². The maximum absolute atomic E-state index is 8.97. The van der Waals surface area contributed by atoms with Crippen LogP contribution < -0.4 is 4.74 Å². The van der Waals surface area contributed by atoms with E-state index >= 15 is 0 Å². The van der Waals surface area contributed by atoms with Gasteiger partial charge in [-0.05, 0) is 18.1 Å². The number of rotatable bonds is 4. The second-order valence-corrected chi connectivity index (χ2v) is 3.57. The number of aliphatic hydroxyl groups is 1. The van der Waals surface area contributed by atoms with E-state index in [0.717, 1.165) is 17.7 Å². The minimum absolute atomic E-state index is 0.139. The summed E-state index contributed by atoms with van der Waals surface area (Å²) in [5, 5.41) is 8.97. The van der Waals surface area contributed by atoms with Crippen molar-refractivity contribution < 1.29 is 9.84 Å². The predicted octanol–water partition coefficient (Wildman–Crippen LogP) is 2.32. The van der Waals surface area contributed by atoms with Crippen molar-refractivity contribution >= 4 is 0 Å². The lowest BCUT2D eigenvalue weighted by molar-refractivity contribution is 0.274. The molecule has 2 aromatic rings. The molecule has 0 saturated carbocycles. The van der Waals surface area contributed by atoms with Crippen LogP contribution in [0.3, 0.4) is 0 Å². The molecule has 0 aliphatic heterocycles. The Kier molecular flexibility index (Phi) is 3.67. The van der Waals surface area contributed by atoms with Crippen LogP contribution in [0.5, 0.6) is 11.6 Å². The standard InChI is InChI=1S/C13H14N2O2/c1-2-10-5-3-4-6-12(10)17-13-8-14-7-11(9-16)15-13/h3-8,16H,2,9H2,1H3. The summed E-state index contributed by atoms with van der Waals surface area (Å²) in [5.74, 6) is 1.18. The summed E-state index contributed by atoms with van der Waals surface area (Å²) in [4.78, 5) is 8.09. The summed E-state index contributed by atoms with van der Waals surface area (Å²) in [6, 6.07) is 7.80. The fourth-order valence-corrected chi connectivity index (χ4v) is 1.52. The molecule has 0 unspecified atom stereocenters. The van der Waals surface area contributed by atoms with E-state index in [1.54, 1.807) is 0 Å². The molecule has 0 amide bonds. The number of hydrogen-bond acceptors (Lipinski definition) is 4. The minimum Gasteiger partial charge on any atom is -0.437 e. The third kappa shape index (κ3) is 2.79. The lowest BCUT2D eigenvalue weighted by atomic mass is 10.1. The molecular weight excluding hydrogens is 216 g/mol. The van der Waals surface area contributed by atoms with E-state index in [1.807, 2.05) is 24.3 Å². The average molecular weight is 230 g/mol. The molecule has 0 bridgehead atoms. The van der Waals surface area contributed by atoms with Crippen LogP contribution in [0.15, 0.2) is 36.7 Å². The van der Waals surface area contributed by atoms with Crippen LogP contribution in [0.2, 0.25) is 0 Å². The Bertz CT molecular complexity index is 500. The van der Waals surface area contributed by atoms with Crippen LogP contribution >= 0.6 is 0 Å². The zero-order valence-electron chi connectivity index (χ0n) is 9.63. The maximum Gasteiger partial charge on any atom is 0.238 e. The van der Waals surface area contributed by atoms with E-state index in [0.29, 0.717) is 11.6 Å². The fraction of sp³-hybridized carbons (Fsp3) is 0.231. The molecule has 0 saturated heterocycles. The monoisotopic (exact) mass is 230 g/mol. The van der Waals surface area contributed by atoms with Crippen LogP contribution in [0.25, 0.3) is 0 Å². The van der Waals surface area contributed by atoms with Crippen LogP contribution in [-0.2, 0) is 13.0 Å². The number of aromatic nitrogens is 2. The van der Waals surface area contributed by atoms with Gasteiger partial charge >= 0.3 is 0 Å². The summed E-state index contributed by atoms with van der Waals surface area (Å²) >= 11 is 0. The summed E-state index contributed by atoms with van der Waals surface area (Å²) in [6.07, 6.45) is 3.94. The van der Waals surface area contributed by atoms with Crippen molar-refractivity contribution in [3.63, 3.8) is 0 Å². The summed E-state index contributed by atoms with van der Waals surface area (Å²) < 4.78 is 5.66. The molecule has 2 rings (SSSR count). The van der Waals surface area contributed by atoms with Gasteiger partial charge in [-0.3, -0.25) is 4.98 Å². The number of aliphatic hydroxyl groups excluding tert-OH is 1. The third-order valence-electron chi connectivity index (χ3n) is 2.39. The van der Waals surface area contributed by atoms with Gasteiger partial charge in [0, 0.05) is 0 Å². The quantitative estimate of drug-likeness (QED) is 0.875. The largest absolute Gasteiger partial charge is 0.437 e. The van der Waals surface area contributed by atoms with Crippen molar-refractivity contribution in [2.75, 3.05) is 0 Å². The fourth-order valence-electron chi connectivity index (χ4n) is 1.52. The highest BCUT2D eigenvalue weighted by atomic mass is 16.5. The van der Waals surface area contributed by atoms with Gasteiger partial charge in [0.1, 0.15) is 5.75 Å². The second kappa shape index (κ2) is 5.41. The SMILES string of the molecule is CCc1ccccc1Oc1cncc(CO)n1. The summed E-state index contributed by atoms with van der Waals surface area (Å²) in [6.45, 7) is 1.93. The van der Waals surface area contributed by atoms with Gasteiger partial charge in [0.05, 0.1) is 24.7 Å². The normalized spacial score (nSPS) is 10.2. The van der Waals surface area contributed by atoms with E-state index in [-0.39, 0.29) is 6.61 Å². The zero-order chi connectivity index (χ0) is 12.1. The molecule has 0 aliphatic carbocycles. The Hall–Kier alpha value is -1.94. The topological polar surface area (TPSA) is 55.2 Å². The van der Waals surface area contributed by atoms with Gasteiger partial charge in [-0.25, -0.2) is 4.98 Å². The van der Waals surface area contributed by atoms with Crippen LogP contribution in [0, 0.1) is 0 Å². The van der Waals surface area contributed by atoms with Gasteiger partial charge < -0.3 is 9.84 Å². The molecule has 4 heteroatoms. The second-order valence-electron chi connectivity index (χ2n) is 3.57. The molecule has 1 N–H and O–H groups in total. The molecule has 1 aromatic carbocycles. The molecule has 1 aromatic heterocycles. The molecule has 88 valence electrons. The molecule has 0 aliphatic rings. The van der Waals surface area contributed by atoms with E-state index < -0.39 is 0 Å². The minimum atomic E-state index is -0.139. The summed E-state index contributed by atoms with van der Waals surface area (Å²) in [7, 11) is 0. The Balaban J connectivity index is 2.24. The molecule has 0 atom stereocenters. The molecule has 4 nitrogen and oxygen atoms in total. The molecule has 17 heavy (non-hydrogen) atoms. The van der Waals surface area contributed by atoms with Crippen molar-refractivity contribution in [2.24, 2.45) is 0 Å². The summed E-state index contributed by atoms with van der Waals surface area (Å²) in [5.41, 5.74) is 1.61. The lowest BCUT2D eigenvalue weighted by Gasteiger charge is -2.08. The van der Waals surface area contributed by atoms with E-state index in [9.17, 15) is 0 Å². The predicted molar refractivity (Wildman–Crippen MR) is 63.8 cm³/mol. The van der Waals surface area contributed by atoms with Crippen molar-refractivity contribution in [1.29, 1.82) is 0 Å². The van der Waals surface area contributed by atoms with Crippen molar-refractivity contribution in [2.45, 2.75) is 20.0 Å². The van der Waals surface area contributed by atoms with E-state index in [4.69, 9.17) is 9.84 Å². The molecular formula is C13H14N2O2. The maximum atomic E-state index is 8.97. The lowest BCUT2D eigenvalue weighted by Crippen LogP contribution is -1.96. The van der Waals surface area contributed by atoms with Gasteiger partial charge in [0.15, 0.2) is 0 Å². The van der Waals surface area contributed by atoms with Gasteiger partial charge in [-0.1, -0.05) is 25.1 Å². The van der Waals surface area contributed by atoms with Gasteiger partial charge in [-0.2, -0.15) is 0 Å². The molecule has 0 fully saturated rings. The van der Waals surface area contributed by atoms with Gasteiger partial charge in [-0.15, -0.1) is 0 Å². The number of hydrogen-bond donors (Lipinski definition) is 1. The zero-order valence-corrected chi connectivity index (χ0v) is 9.63. The number of nitrogens with zero attached hydrogens (tertiary/aromatic N) is 2. The highest BCUT2D eigenvalue weighted by molar-refractivity contribution is 5.35. The highest BCUT2D eigenvalue weighted by Crippen LogP contribution is 2.23. The molecule has 0 radical (unpaired) electrons. The van der Waals surface area contributed by atoms with Gasteiger partial charge in [0.25, 0.3) is 0 Å². The van der Waals surface area contributed by atoms with Crippen molar-refractivity contribution in [3.8, 4) is 11.6 Å². The molecule has 0 spiro atoms. The smallest absolute Gasteiger partial charge is 0.238 e. The highest BCUT2D eigenvalue weighted by Gasteiger charge is 2.04. The first-order chi connectivity index (χ1) is 8.33. The van der Waals surface area contributed by atoms with Crippen molar-refractivity contribution in [3.05, 3.63) is 47.9 Å². The first-order valence-electron chi connectivity index (χ1n) is 5.51. The Morgan fingerprint density at radius 3 is 2.82 bits per heavy atom. The Morgan fingerprint density at radius 2 is 2.06 bits per heavy atom.